The summed E-state index contributed by atoms with van der Waals surface area (Å²) in [6.45, 7) is 26.0. The van der Waals surface area contributed by atoms with Crippen LogP contribution in [0.1, 0.15) is 150 Å². The smallest absolute Gasteiger partial charge is 0.343 e. The molecule has 5 rings (SSSR count). The van der Waals surface area contributed by atoms with Crippen LogP contribution in [-0.4, -0.2) is 37.0 Å². The Morgan fingerprint density at radius 3 is 1.02 bits per heavy atom. The Balaban J connectivity index is 1.94. The maximum absolute atomic E-state index is 12.6. The van der Waals surface area contributed by atoms with Gasteiger partial charge in [-0.05, 0) is 88.4 Å². The lowest BCUT2D eigenvalue weighted by atomic mass is 9.79. The van der Waals surface area contributed by atoms with Gasteiger partial charge in [-0.15, -0.1) is 0 Å². The largest absolute Gasteiger partial charge is 0.507 e. The fourth-order valence-electron chi connectivity index (χ4n) is 7.28. The lowest BCUT2D eigenvalue weighted by Gasteiger charge is -2.28. The molecule has 8 bridgehead atoms. The molecule has 2 N–H and O–H groups in total. The first-order valence-corrected chi connectivity index (χ1v) is 19.2. The summed E-state index contributed by atoms with van der Waals surface area (Å²) in [5.41, 5.74) is 10.5. The number of hydrogen-bond donors (Lipinski definition) is 2. The van der Waals surface area contributed by atoms with Crippen LogP contribution in [-0.2, 0) is 56.9 Å². The third-order valence-electron chi connectivity index (χ3n) is 10.8. The first kappa shape index (κ1) is 40.7. The molecule has 0 spiro atoms. The molecule has 1 aliphatic rings. The molecule has 0 aliphatic heterocycles. The first-order valence-electron chi connectivity index (χ1n) is 19.2. The highest BCUT2D eigenvalue weighted by atomic mass is 16.6. The number of phenolic OH excluding ortho intramolecular Hbond substituents is 2. The molecule has 0 radical (unpaired) electrons. The number of hydrogen-bond acceptors (Lipinski definition) is 6. The quantitative estimate of drug-likeness (QED) is 0.179. The van der Waals surface area contributed by atoms with E-state index in [1.54, 1.807) is 7.11 Å². The molecule has 0 amide bonds. The van der Waals surface area contributed by atoms with Crippen molar-refractivity contribution in [1.29, 1.82) is 0 Å². The van der Waals surface area contributed by atoms with E-state index < -0.39 is 5.97 Å². The summed E-state index contributed by atoms with van der Waals surface area (Å²) in [7, 11) is 3.07. The Morgan fingerprint density at radius 2 is 0.741 bits per heavy atom. The van der Waals surface area contributed by atoms with Crippen LogP contribution in [0.3, 0.4) is 0 Å². The molecule has 0 saturated carbocycles. The standard InChI is InChI=1S/C48H62O6/c1-45(2,3)36-19-28-15-29-20-37(46(4,5)6)22-31(42(29)51)17-34-25-39(48(10,11)12)26-35(44(34)54-27-40(49)52-13)18-33-24-38(47(7,8)9)23-32(43(33)53-14)16-30(21-36)41(28)50/h19-26,50-51H,15-18,27H2,1-14H3. The second kappa shape index (κ2) is 14.7. The van der Waals surface area contributed by atoms with Gasteiger partial charge in [0.15, 0.2) is 6.61 Å². The normalized spacial score (nSPS) is 13.7. The molecule has 0 heterocycles. The number of ether oxygens (including phenoxy) is 3. The van der Waals surface area contributed by atoms with Crippen LogP contribution in [0.2, 0.25) is 0 Å². The fraction of sp³-hybridized carbons (Fsp3) is 0.479. The van der Waals surface area contributed by atoms with E-state index in [1.807, 2.05) is 0 Å². The highest BCUT2D eigenvalue weighted by Crippen LogP contribution is 2.43. The van der Waals surface area contributed by atoms with E-state index >= 15 is 0 Å². The van der Waals surface area contributed by atoms with Crippen molar-refractivity contribution in [2.75, 3.05) is 20.8 Å². The number of aromatic hydroxyl groups is 2. The molecular formula is C48H62O6. The Bertz CT molecular complexity index is 2060. The summed E-state index contributed by atoms with van der Waals surface area (Å²) in [6, 6.07) is 17.2. The first-order chi connectivity index (χ1) is 24.9. The van der Waals surface area contributed by atoms with Crippen molar-refractivity contribution in [3.8, 4) is 23.0 Å². The van der Waals surface area contributed by atoms with Crippen molar-refractivity contribution in [2.45, 2.75) is 130 Å². The predicted molar refractivity (Wildman–Crippen MR) is 219 cm³/mol. The predicted octanol–water partition coefficient (Wildman–Crippen LogP) is 10.5. The molecule has 0 fully saturated rings. The topological polar surface area (TPSA) is 85.2 Å². The molecule has 0 aromatic heterocycles. The highest BCUT2D eigenvalue weighted by Gasteiger charge is 2.28. The second-order valence-corrected chi connectivity index (χ2v) is 19.3. The highest BCUT2D eigenvalue weighted by molar-refractivity contribution is 5.71. The van der Waals surface area contributed by atoms with Crippen LogP contribution < -0.4 is 9.47 Å². The third-order valence-corrected chi connectivity index (χ3v) is 10.8. The number of methoxy groups -OCH3 is 2. The van der Waals surface area contributed by atoms with Gasteiger partial charge in [0.05, 0.1) is 14.2 Å². The number of phenols is 2. The Morgan fingerprint density at radius 1 is 0.481 bits per heavy atom. The lowest BCUT2D eigenvalue weighted by molar-refractivity contribution is -0.142. The zero-order valence-electron chi connectivity index (χ0n) is 35.2. The van der Waals surface area contributed by atoms with Gasteiger partial charge in [-0.3, -0.25) is 0 Å². The van der Waals surface area contributed by atoms with Gasteiger partial charge in [-0.2, -0.15) is 0 Å². The molecule has 4 aromatic rings. The van der Waals surface area contributed by atoms with E-state index in [1.165, 1.54) is 7.11 Å². The number of benzene rings is 4. The average molecular weight is 735 g/mol. The third kappa shape index (κ3) is 8.74. The molecule has 6 heteroatoms. The van der Waals surface area contributed by atoms with Crippen molar-refractivity contribution < 1.29 is 29.2 Å². The molecule has 1 aliphatic carbocycles. The number of carbonyl (C=O) groups is 1. The summed E-state index contributed by atoms with van der Waals surface area (Å²) in [6.07, 6.45) is 1.61. The van der Waals surface area contributed by atoms with Crippen molar-refractivity contribution in [3.05, 3.63) is 115 Å². The minimum atomic E-state index is -0.473. The summed E-state index contributed by atoms with van der Waals surface area (Å²) >= 11 is 0. The van der Waals surface area contributed by atoms with Gasteiger partial charge < -0.3 is 24.4 Å². The van der Waals surface area contributed by atoms with Crippen LogP contribution >= 0.6 is 0 Å². The van der Waals surface area contributed by atoms with Gasteiger partial charge in [0.25, 0.3) is 0 Å². The Hall–Kier alpha value is -4.45. The number of rotatable bonds is 4. The molecule has 54 heavy (non-hydrogen) atoms. The Labute approximate surface area is 323 Å². The van der Waals surface area contributed by atoms with Crippen molar-refractivity contribution in [3.63, 3.8) is 0 Å². The van der Waals surface area contributed by atoms with Crippen LogP contribution in [0, 0.1) is 0 Å². The minimum Gasteiger partial charge on any atom is -0.507 e. The maximum Gasteiger partial charge on any atom is 0.343 e. The average Bonchev–Trinajstić information content (AvgIpc) is 3.05. The van der Waals surface area contributed by atoms with Crippen LogP contribution in [0.15, 0.2) is 48.5 Å². The van der Waals surface area contributed by atoms with Gasteiger partial charge >= 0.3 is 5.97 Å². The molecule has 0 saturated heterocycles. The summed E-state index contributed by atoms with van der Waals surface area (Å²) in [5, 5.41) is 24.3. The summed E-state index contributed by atoms with van der Waals surface area (Å²) < 4.78 is 17.8. The van der Waals surface area contributed by atoms with Crippen molar-refractivity contribution in [1.82, 2.24) is 0 Å². The molecule has 0 unspecified atom stereocenters. The number of esters is 1. The van der Waals surface area contributed by atoms with E-state index in [9.17, 15) is 15.0 Å². The van der Waals surface area contributed by atoms with Gasteiger partial charge in [-0.1, -0.05) is 132 Å². The molecule has 290 valence electrons. The van der Waals surface area contributed by atoms with Crippen LogP contribution in [0.5, 0.6) is 23.0 Å². The van der Waals surface area contributed by atoms with E-state index in [2.05, 4.69) is 132 Å². The van der Waals surface area contributed by atoms with E-state index in [0.29, 0.717) is 31.4 Å². The molecular weight excluding hydrogens is 673 g/mol. The number of carbonyl (C=O) groups excluding carboxylic acids is 1. The van der Waals surface area contributed by atoms with Crippen molar-refractivity contribution >= 4 is 5.97 Å². The zero-order chi connectivity index (χ0) is 40.1. The summed E-state index contributed by atoms with van der Waals surface area (Å²) in [5.74, 6) is 1.32. The monoisotopic (exact) mass is 734 g/mol. The minimum absolute atomic E-state index is 0.176. The van der Waals surface area contributed by atoms with E-state index in [0.717, 1.165) is 72.5 Å². The van der Waals surface area contributed by atoms with Gasteiger partial charge in [0, 0.05) is 25.7 Å². The molecule has 6 nitrogen and oxygen atoms in total. The van der Waals surface area contributed by atoms with E-state index in [4.69, 9.17) is 14.2 Å². The van der Waals surface area contributed by atoms with Gasteiger partial charge in [-0.25, -0.2) is 4.79 Å². The SMILES string of the molecule is COC(=O)COc1c2cc(C(C)(C)C)cc1Cc1cc(C(C)(C)C)cc(c1OC)Cc1cc(C(C)(C)C)cc(c1O)Cc1cc(C(C)(C)C)cc(c1O)C2. The Kier molecular flexibility index (Phi) is 11.1. The van der Waals surface area contributed by atoms with Gasteiger partial charge in [0.1, 0.15) is 23.0 Å². The number of fused-ring (bicyclic) bond motifs is 8. The van der Waals surface area contributed by atoms with Crippen molar-refractivity contribution in [2.24, 2.45) is 0 Å². The van der Waals surface area contributed by atoms with Crippen LogP contribution in [0.4, 0.5) is 0 Å². The van der Waals surface area contributed by atoms with Crippen LogP contribution in [0.25, 0.3) is 0 Å². The molecule has 4 aromatic carbocycles. The summed E-state index contributed by atoms with van der Waals surface area (Å²) in [4.78, 5) is 12.6. The van der Waals surface area contributed by atoms with E-state index in [-0.39, 0.29) is 39.8 Å². The van der Waals surface area contributed by atoms with Gasteiger partial charge in [0.2, 0.25) is 0 Å². The fourth-order valence-corrected chi connectivity index (χ4v) is 7.28. The zero-order valence-corrected chi connectivity index (χ0v) is 35.2. The molecule has 0 atom stereocenters. The second-order valence-electron chi connectivity index (χ2n) is 19.3. The lowest BCUT2D eigenvalue weighted by Crippen LogP contribution is -2.18. The maximum atomic E-state index is 12.6.